The molecule has 1 heterocycles. The fourth-order valence-corrected chi connectivity index (χ4v) is 4.91. The second kappa shape index (κ2) is 5.66. The van der Waals surface area contributed by atoms with Gasteiger partial charge in [0.1, 0.15) is 5.69 Å². The van der Waals surface area contributed by atoms with E-state index in [1.54, 1.807) is 31.3 Å². The highest BCUT2D eigenvalue weighted by Crippen LogP contribution is 2.56. The zero-order chi connectivity index (χ0) is 17.8. The SMILES string of the molecule is CC(=O)c1ncc(Nc2cccc(S(C)(=O)=O)c2)c2c1C1CCC2C1. The van der Waals surface area contributed by atoms with Crippen molar-refractivity contribution < 1.29 is 13.2 Å². The van der Waals surface area contributed by atoms with Gasteiger partial charge in [-0.25, -0.2) is 8.42 Å². The lowest BCUT2D eigenvalue weighted by Gasteiger charge is -2.21. The van der Waals surface area contributed by atoms with Crippen molar-refractivity contribution in [1.82, 2.24) is 4.98 Å². The molecule has 0 aliphatic heterocycles. The first-order valence-corrected chi connectivity index (χ1v) is 10.3. The predicted molar refractivity (Wildman–Crippen MR) is 96.4 cm³/mol. The summed E-state index contributed by atoms with van der Waals surface area (Å²) in [7, 11) is -3.26. The van der Waals surface area contributed by atoms with Gasteiger partial charge in [0.2, 0.25) is 0 Å². The predicted octanol–water partition coefficient (Wildman–Crippen LogP) is 3.80. The lowest BCUT2D eigenvalue weighted by molar-refractivity contribution is 0.101. The molecule has 6 heteroatoms. The average molecular weight is 356 g/mol. The molecule has 5 nitrogen and oxygen atoms in total. The van der Waals surface area contributed by atoms with Crippen LogP contribution in [0.1, 0.15) is 59.6 Å². The van der Waals surface area contributed by atoms with E-state index in [1.807, 2.05) is 6.07 Å². The van der Waals surface area contributed by atoms with Gasteiger partial charge in [0.25, 0.3) is 0 Å². The van der Waals surface area contributed by atoms with E-state index in [1.165, 1.54) is 11.8 Å². The first-order valence-electron chi connectivity index (χ1n) is 8.45. The third-order valence-corrected chi connectivity index (χ3v) is 6.39. The maximum absolute atomic E-state index is 12.0. The number of fused-ring (bicyclic) bond motifs is 5. The van der Waals surface area contributed by atoms with Crippen LogP contribution in [-0.4, -0.2) is 25.4 Å². The number of hydrogen-bond donors (Lipinski definition) is 1. The van der Waals surface area contributed by atoms with Crippen molar-refractivity contribution in [2.45, 2.75) is 42.9 Å². The molecule has 0 amide bonds. The molecule has 2 aliphatic rings. The van der Waals surface area contributed by atoms with Crippen LogP contribution in [0.2, 0.25) is 0 Å². The summed E-state index contributed by atoms with van der Waals surface area (Å²) >= 11 is 0. The number of hydrogen-bond acceptors (Lipinski definition) is 5. The van der Waals surface area contributed by atoms with Crippen LogP contribution in [0, 0.1) is 0 Å². The highest BCUT2D eigenvalue weighted by Gasteiger charge is 2.41. The molecule has 1 fully saturated rings. The number of aromatic nitrogens is 1. The van der Waals surface area contributed by atoms with Gasteiger partial charge in [-0.2, -0.15) is 0 Å². The quantitative estimate of drug-likeness (QED) is 0.843. The molecular formula is C19H20N2O3S. The number of sulfone groups is 1. The number of carbonyl (C=O) groups is 1. The van der Waals surface area contributed by atoms with Gasteiger partial charge in [-0.05, 0) is 60.4 Å². The van der Waals surface area contributed by atoms with Crippen LogP contribution in [0.4, 0.5) is 11.4 Å². The molecular weight excluding hydrogens is 336 g/mol. The van der Waals surface area contributed by atoms with Crippen LogP contribution in [0.3, 0.4) is 0 Å². The number of carbonyl (C=O) groups excluding carboxylic acids is 1. The molecule has 130 valence electrons. The van der Waals surface area contributed by atoms with Crippen LogP contribution >= 0.6 is 0 Å². The molecule has 2 bridgehead atoms. The first kappa shape index (κ1) is 16.3. The fourth-order valence-electron chi connectivity index (χ4n) is 4.24. The number of nitrogens with one attached hydrogen (secondary N) is 1. The van der Waals surface area contributed by atoms with Gasteiger partial charge in [-0.3, -0.25) is 9.78 Å². The zero-order valence-corrected chi connectivity index (χ0v) is 15.1. The topological polar surface area (TPSA) is 76.1 Å². The number of ketones is 1. The van der Waals surface area contributed by atoms with Crippen molar-refractivity contribution in [3.63, 3.8) is 0 Å². The smallest absolute Gasteiger partial charge is 0.178 e. The highest BCUT2D eigenvalue weighted by atomic mass is 32.2. The van der Waals surface area contributed by atoms with Crippen LogP contribution in [0.5, 0.6) is 0 Å². The van der Waals surface area contributed by atoms with Crippen molar-refractivity contribution in [3.8, 4) is 0 Å². The Hall–Kier alpha value is -2.21. The minimum absolute atomic E-state index is 0.00873. The number of anilines is 2. The Balaban J connectivity index is 1.77. The highest BCUT2D eigenvalue weighted by molar-refractivity contribution is 7.90. The lowest BCUT2D eigenvalue weighted by atomic mass is 9.89. The molecule has 4 rings (SSSR count). The molecule has 0 spiro atoms. The van der Waals surface area contributed by atoms with Crippen molar-refractivity contribution >= 4 is 27.0 Å². The van der Waals surface area contributed by atoms with Crippen LogP contribution in [0.25, 0.3) is 0 Å². The summed E-state index contributed by atoms with van der Waals surface area (Å²) in [6.07, 6.45) is 6.25. The van der Waals surface area contributed by atoms with E-state index in [0.717, 1.165) is 30.5 Å². The van der Waals surface area contributed by atoms with Gasteiger partial charge in [-0.15, -0.1) is 0 Å². The van der Waals surface area contributed by atoms with Gasteiger partial charge < -0.3 is 5.32 Å². The van der Waals surface area contributed by atoms with Gasteiger partial charge in [0, 0.05) is 18.9 Å². The number of rotatable bonds is 4. The summed E-state index contributed by atoms with van der Waals surface area (Å²) in [5.41, 5.74) is 4.50. The Bertz CT molecular complexity index is 982. The maximum atomic E-state index is 12.0. The van der Waals surface area contributed by atoms with Gasteiger partial charge in [-0.1, -0.05) is 6.07 Å². The van der Waals surface area contributed by atoms with Gasteiger partial charge in [0.05, 0.1) is 16.8 Å². The number of Topliss-reactive ketones (excluding diaryl/α,β-unsaturated/α-hetero) is 1. The molecule has 1 N–H and O–H groups in total. The minimum atomic E-state index is -3.26. The Morgan fingerprint density at radius 3 is 2.60 bits per heavy atom. The molecule has 1 aromatic carbocycles. The van der Waals surface area contributed by atoms with Crippen molar-refractivity contribution in [1.29, 1.82) is 0 Å². The number of pyridine rings is 1. The first-order chi connectivity index (χ1) is 11.8. The number of benzene rings is 1. The van der Waals surface area contributed by atoms with E-state index in [2.05, 4.69) is 10.3 Å². The Labute approximate surface area is 147 Å². The molecule has 2 aromatic rings. The molecule has 1 saturated carbocycles. The number of nitrogens with zero attached hydrogens (tertiary/aromatic N) is 1. The molecule has 2 aliphatic carbocycles. The third kappa shape index (κ3) is 2.74. The van der Waals surface area contributed by atoms with Crippen molar-refractivity contribution in [2.75, 3.05) is 11.6 Å². The summed E-state index contributed by atoms with van der Waals surface area (Å²) in [6, 6.07) is 6.79. The normalized spacial score (nSPS) is 21.2. The third-order valence-electron chi connectivity index (χ3n) is 5.28. The summed E-state index contributed by atoms with van der Waals surface area (Å²) in [6.45, 7) is 1.57. The van der Waals surface area contributed by atoms with E-state index in [0.29, 0.717) is 23.2 Å². The van der Waals surface area contributed by atoms with Gasteiger partial charge in [0.15, 0.2) is 15.6 Å². The summed E-state index contributed by atoms with van der Waals surface area (Å²) in [5.74, 6) is 0.895. The minimum Gasteiger partial charge on any atom is -0.354 e. The van der Waals surface area contributed by atoms with Crippen LogP contribution in [0.15, 0.2) is 35.4 Å². The van der Waals surface area contributed by atoms with Crippen molar-refractivity contribution in [2.24, 2.45) is 0 Å². The van der Waals surface area contributed by atoms with E-state index < -0.39 is 9.84 Å². The van der Waals surface area contributed by atoms with E-state index in [-0.39, 0.29) is 10.7 Å². The standard InChI is InChI=1S/C19H20N2O3S/c1-11(22)19-18-13-7-6-12(8-13)17(18)16(10-20-19)21-14-4-3-5-15(9-14)25(2,23)24/h3-5,9-10,12-13,21H,6-8H2,1-2H3. The monoisotopic (exact) mass is 356 g/mol. The zero-order valence-electron chi connectivity index (χ0n) is 14.2. The lowest BCUT2D eigenvalue weighted by Crippen LogP contribution is -2.11. The molecule has 1 aromatic heterocycles. The van der Waals surface area contributed by atoms with E-state index in [4.69, 9.17) is 0 Å². The molecule has 2 atom stereocenters. The Morgan fingerprint density at radius 2 is 1.92 bits per heavy atom. The average Bonchev–Trinajstić information content (AvgIpc) is 3.16. The largest absolute Gasteiger partial charge is 0.354 e. The van der Waals surface area contributed by atoms with Gasteiger partial charge >= 0.3 is 0 Å². The molecule has 2 unspecified atom stereocenters. The molecule has 0 saturated heterocycles. The Kier molecular flexibility index (Phi) is 3.68. The summed E-state index contributed by atoms with van der Waals surface area (Å²) < 4.78 is 23.5. The molecule has 25 heavy (non-hydrogen) atoms. The van der Waals surface area contributed by atoms with E-state index >= 15 is 0 Å². The Morgan fingerprint density at radius 1 is 1.20 bits per heavy atom. The maximum Gasteiger partial charge on any atom is 0.178 e. The second-order valence-electron chi connectivity index (χ2n) is 7.04. The van der Waals surface area contributed by atoms with Crippen LogP contribution in [-0.2, 0) is 9.84 Å². The second-order valence-corrected chi connectivity index (χ2v) is 9.05. The van der Waals surface area contributed by atoms with E-state index in [9.17, 15) is 13.2 Å². The fraction of sp³-hybridized carbons (Fsp3) is 0.368. The van der Waals surface area contributed by atoms with Crippen LogP contribution < -0.4 is 5.32 Å². The van der Waals surface area contributed by atoms with Crippen molar-refractivity contribution in [3.05, 3.63) is 47.3 Å². The summed E-state index contributed by atoms with van der Waals surface area (Å²) in [4.78, 5) is 16.6. The molecule has 0 radical (unpaired) electrons. The summed E-state index contributed by atoms with van der Waals surface area (Å²) in [5, 5.41) is 3.33.